The second kappa shape index (κ2) is 11.8. The lowest BCUT2D eigenvalue weighted by Gasteiger charge is -2.34. The molecule has 0 aliphatic carbocycles. The van der Waals surface area contributed by atoms with Crippen molar-refractivity contribution < 1.29 is 0 Å². The van der Waals surface area contributed by atoms with Crippen LogP contribution < -0.4 is 20.7 Å². The van der Waals surface area contributed by atoms with Crippen LogP contribution in [-0.2, 0) is 0 Å². The van der Waals surface area contributed by atoms with E-state index in [9.17, 15) is 0 Å². The molecule has 0 N–H and O–H groups in total. The fraction of sp³-hybridized carbons (Fsp3) is 0. The highest BCUT2D eigenvalue weighted by Gasteiger charge is 2.42. The van der Waals surface area contributed by atoms with Gasteiger partial charge in [0.05, 0.1) is 22.1 Å². The lowest BCUT2D eigenvalue weighted by Crippen LogP contribution is -2.74. The molecule has 10 rings (SSSR count). The molecule has 0 saturated heterocycles. The Bertz CT molecular complexity index is 2760. The van der Waals surface area contributed by atoms with Gasteiger partial charge in [-0.25, -0.2) is 0 Å². The van der Waals surface area contributed by atoms with E-state index in [-0.39, 0.29) is 0 Å². The zero-order chi connectivity index (χ0) is 33.8. The Morgan fingerprint density at radius 3 is 1.47 bits per heavy atom. The van der Waals surface area contributed by atoms with E-state index in [1.807, 2.05) is 6.20 Å². The molecule has 240 valence electrons. The van der Waals surface area contributed by atoms with Gasteiger partial charge in [0.15, 0.2) is 8.07 Å². The van der Waals surface area contributed by atoms with Gasteiger partial charge in [0.2, 0.25) is 0 Å². The molecule has 0 radical (unpaired) electrons. The van der Waals surface area contributed by atoms with E-state index in [1.54, 1.807) is 0 Å². The van der Waals surface area contributed by atoms with Crippen molar-refractivity contribution in [3.8, 4) is 11.4 Å². The summed E-state index contributed by atoms with van der Waals surface area (Å²) in [7, 11) is -2.94. The topological polar surface area (TPSA) is 22.8 Å². The van der Waals surface area contributed by atoms with Crippen LogP contribution in [0.5, 0.6) is 0 Å². The van der Waals surface area contributed by atoms with Crippen LogP contribution in [-0.4, -0.2) is 22.2 Å². The number of pyridine rings is 1. The highest BCUT2D eigenvalue weighted by Crippen LogP contribution is 2.33. The summed E-state index contributed by atoms with van der Waals surface area (Å²) in [5.74, 6) is 0. The first-order valence-corrected chi connectivity index (χ1v) is 19.5. The lowest BCUT2D eigenvalue weighted by molar-refractivity contribution is 1.18. The Morgan fingerprint density at radius 2 is 0.824 bits per heavy atom. The molecule has 3 aromatic heterocycles. The third kappa shape index (κ3) is 4.47. The summed E-state index contributed by atoms with van der Waals surface area (Å²) < 4.78 is 4.82. The monoisotopic (exact) mass is 667 g/mol. The predicted octanol–water partition coefficient (Wildman–Crippen LogP) is 8.65. The number of fused-ring (bicyclic) bond motifs is 6. The molecule has 51 heavy (non-hydrogen) atoms. The predicted molar refractivity (Wildman–Crippen MR) is 217 cm³/mol. The zero-order valence-corrected chi connectivity index (χ0v) is 28.9. The van der Waals surface area contributed by atoms with E-state index < -0.39 is 8.07 Å². The van der Waals surface area contributed by atoms with Crippen molar-refractivity contribution in [2.24, 2.45) is 0 Å². The third-order valence-corrected chi connectivity index (χ3v) is 15.3. The molecule has 1 atom stereocenters. The Balaban J connectivity index is 1.30. The quantitative estimate of drug-likeness (QED) is 0.129. The fourth-order valence-corrected chi connectivity index (χ4v) is 13.1. The van der Waals surface area contributed by atoms with Crippen molar-refractivity contribution in [3.63, 3.8) is 0 Å². The van der Waals surface area contributed by atoms with Crippen molar-refractivity contribution in [1.29, 1.82) is 0 Å². The van der Waals surface area contributed by atoms with Gasteiger partial charge in [-0.2, -0.15) is 0 Å². The van der Waals surface area contributed by atoms with Crippen LogP contribution in [0.25, 0.3) is 55.0 Å². The maximum absolute atomic E-state index is 4.76. The second-order valence-corrected chi connectivity index (χ2v) is 17.0. The SMILES string of the molecule is c1ccc(-n2c3ccccc3c3cc([Si](c4ccccc4)(c4cccnc4)c4cccc(-n5c6ccccc6c6ccccc65)c4)ccc32)cc1. The maximum Gasteiger partial charge on any atom is 0.181 e. The van der Waals surface area contributed by atoms with Crippen LogP contribution >= 0.6 is 0 Å². The number of para-hydroxylation sites is 4. The minimum absolute atomic E-state index is 1.16. The molecular weight excluding hydrogens is 635 g/mol. The van der Waals surface area contributed by atoms with Crippen LogP contribution in [0.3, 0.4) is 0 Å². The van der Waals surface area contributed by atoms with E-state index >= 15 is 0 Å². The molecule has 0 spiro atoms. The van der Waals surface area contributed by atoms with Crippen molar-refractivity contribution in [1.82, 2.24) is 14.1 Å². The van der Waals surface area contributed by atoms with Crippen molar-refractivity contribution in [3.05, 3.63) is 200 Å². The summed E-state index contributed by atoms with van der Waals surface area (Å²) in [6.07, 6.45) is 3.99. The molecule has 7 aromatic carbocycles. The van der Waals surface area contributed by atoms with Gasteiger partial charge in [-0.05, 0) is 75.3 Å². The molecule has 0 fully saturated rings. The first-order valence-electron chi connectivity index (χ1n) is 17.5. The highest BCUT2D eigenvalue weighted by atomic mass is 28.3. The minimum Gasteiger partial charge on any atom is -0.309 e. The summed E-state index contributed by atoms with van der Waals surface area (Å²) in [6.45, 7) is 0. The molecular formula is C47H33N3Si. The van der Waals surface area contributed by atoms with Crippen LogP contribution in [0.2, 0.25) is 0 Å². The van der Waals surface area contributed by atoms with Crippen LogP contribution in [0.1, 0.15) is 0 Å². The van der Waals surface area contributed by atoms with Crippen molar-refractivity contribution in [2.45, 2.75) is 0 Å². The average Bonchev–Trinajstić information content (AvgIpc) is 3.72. The zero-order valence-electron chi connectivity index (χ0n) is 27.9. The van der Waals surface area contributed by atoms with Gasteiger partial charge in [-0.15, -0.1) is 0 Å². The van der Waals surface area contributed by atoms with Crippen LogP contribution in [0.15, 0.2) is 200 Å². The average molecular weight is 668 g/mol. The van der Waals surface area contributed by atoms with Gasteiger partial charge in [0.25, 0.3) is 0 Å². The van der Waals surface area contributed by atoms with E-state index in [0.717, 1.165) is 11.4 Å². The van der Waals surface area contributed by atoms with Crippen LogP contribution in [0, 0.1) is 0 Å². The summed E-state index contributed by atoms with van der Waals surface area (Å²) in [4.78, 5) is 4.76. The number of aromatic nitrogens is 3. The second-order valence-electron chi connectivity index (χ2n) is 13.2. The highest BCUT2D eigenvalue weighted by molar-refractivity contribution is 7.20. The number of hydrogen-bond donors (Lipinski definition) is 0. The largest absolute Gasteiger partial charge is 0.309 e. The number of hydrogen-bond acceptors (Lipinski definition) is 1. The van der Waals surface area contributed by atoms with Crippen LogP contribution in [0.4, 0.5) is 0 Å². The Labute approximate surface area is 297 Å². The standard InChI is InChI=1S/C47H33N3Si/c1-3-15-34(16-4-1)49-46-27-12-9-24-42(46)43-32-38(28-29-47(43)49)51(36-18-5-2-6-19-36,39-21-14-30-48-33-39)37-20-13-17-35(31-37)50-44-25-10-7-22-40(44)41-23-8-11-26-45(41)50/h1-33H. The van der Waals surface area contributed by atoms with Gasteiger partial charge in [0.1, 0.15) is 0 Å². The van der Waals surface area contributed by atoms with E-state index in [2.05, 4.69) is 203 Å². The first-order chi connectivity index (χ1) is 25.3. The summed E-state index contributed by atoms with van der Waals surface area (Å²) >= 11 is 0. The molecule has 4 heteroatoms. The third-order valence-electron chi connectivity index (χ3n) is 10.5. The molecule has 0 aliphatic rings. The van der Waals surface area contributed by atoms with E-state index in [1.165, 1.54) is 64.4 Å². The molecule has 10 aromatic rings. The number of nitrogens with zero attached hydrogens (tertiary/aromatic N) is 3. The molecule has 0 amide bonds. The van der Waals surface area contributed by atoms with Crippen molar-refractivity contribution >= 4 is 72.4 Å². The lowest BCUT2D eigenvalue weighted by atomic mass is 10.1. The summed E-state index contributed by atoms with van der Waals surface area (Å²) in [5, 5.41) is 10.2. The molecule has 0 bridgehead atoms. The summed E-state index contributed by atoms with van der Waals surface area (Å²) in [6, 6.07) is 69.0. The molecule has 0 saturated carbocycles. The van der Waals surface area contributed by atoms with E-state index in [4.69, 9.17) is 4.98 Å². The minimum atomic E-state index is -2.94. The van der Waals surface area contributed by atoms with Gasteiger partial charge in [-0.1, -0.05) is 133 Å². The molecule has 3 heterocycles. The van der Waals surface area contributed by atoms with Gasteiger partial charge >= 0.3 is 0 Å². The van der Waals surface area contributed by atoms with E-state index in [0.29, 0.717) is 0 Å². The molecule has 3 nitrogen and oxygen atoms in total. The Kier molecular flexibility index (Phi) is 6.83. The maximum atomic E-state index is 4.76. The van der Waals surface area contributed by atoms with Gasteiger partial charge < -0.3 is 9.13 Å². The summed E-state index contributed by atoms with van der Waals surface area (Å²) in [5.41, 5.74) is 7.14. The fourth-order valence-electron chi connectivity index (χ4n) is 8.41. The Morgan fingerprint density at radius 1 is 0.333 bits per heavy atom. The Hall–Kier alpha value is -6.49. The molecule has 0 aliphatic heterocycles. The number of rotatable bonds is 6. The van der Waals surface area contributed by atoms with Crippen molar-refractivity contribution in [2.75, 3.05) is 0 Å². The first kappa shape index (κ1) is 29.4. The number of benzene rings is 7. The molecule has 1 unspecified atom stereocenters. The smallest absolute Gasteiger partial charge is 0.181 e. The normalized spacial score (nSPS) is 12.9. The van der Waals surface area contributed by atoms with Gasteiger partial charge in [-0.3, -0.25) is 4.98 Å². The van der Waals surface area contributed by atoms with Gasteiger partial charge in [0, 0.05) is 45.3 Å².